The van der Waals surface area contributed by atoms with Crippen molar-refractivity contribution in [1.29, 1.82) is 0 Å². The predicted octanol–water partition coefficient (Wildman–Crippen LogP) is 13.2. The van der Waals surface area contributed by atoms with E-state index in [1.807, 2.05) is 55.4 Å². The van der Waals surface area contributed by atoms with Gasteiger partial charge >= 0.3 is 0 Å². The average molecular weight is 1860 g/mol. The van der Waals surface area contributed by atoms with E-state index in [-0.39, 0.29) is 153 Å². The summed E-state index contributed by atoms with van der Waals surface area (Å²) in [6, 6.07) is 35.1. The smallest absolute Gasteiger partial charge is 0.295 e. The minimum atomic E-state index is -5.53. The maximum atomic E-state index is 13.9. The third kappa shape index (κ3) is 24.1. The average Bonchev–Trinajstić information content (AvgIpc) is 0.760. The third-order valence-electron chi connectivity index (χ3n) is 18.3. The summed E-state index contributed by atoms with van der Waals surface area (Å²) in [5.74, 6) is -1.63. The van der Waals surface area contributed by atoms with Gasteiger partial charge in [0.05, 0.1) is 40.7 Å². The normalized spacial score (nSPS) is 12.5. The zero-order valence-electron chi connectivity index (χ0n) is 68.5. The van der Waals surface area contributed by atoms with Crippen LogP contribution < -0.4 is 42.5 Å². The molecule has 2 heterocycles. The topological polar surface area (TPSA) is 546 Å². The van der Waals surface area contributed by atoms with Gasteiger partial charge in [0.15, 0.2) is 0 Å². The summed E-state index contributed by atoms with van der Waals surface area (Å²) in [7, 11) is -38.0. The van der Waals surface area contributed by atoms with Crippen LogP contribution in [-0.2, 0) is 80.6 Å². The molecule has 0 radical (unpaired) electrons. The van der Waals surface area contributed by atoms with Gasteiger partial charge in [0.2, 0.25) is 75.8 Å². The van der Waals surface area contributed by atoms with E-state index in [1.165, 1.54) is 126 Å². The maximum Gasteiger partial charge on any atom is 0.295 e. The number of hydrogen-bond acceptors (Lipinski definition) is 32. The van der Waals surface area contributed by atoms with E-state index < -0.39 is 123 Å². The Morgan fingerprint density at radius 1 is 0.258 bits per heavy atom. The van der Waals surface area contributed by atoms with Gasteiger partial charge in [0, 0.05) is 109 Å². The molecule has 0 saturated carbocycles. The fourth-order valence-corrected chi connectivity index (χ4v) is 22.5. The second kappa shape index (κ2) is 40.6. The van der Waals surface area contributed by atoms with E-state index in [2.05, 4.69) is 72.4 Å². The first-order chi connectivity index (χ1) is 58.5. The Morgan fingerprint density at radius 3 is 0.653 bits per heavy atom. The van der Waals surface area contributed by atoms with Gasteiger partial charge in [-0.15, -0.1) is 0 Å². The van der Waals surface area contributed by atoms with E-state index >= 15 is 0 Å². The molecule has 38 nitrogen and oxygen atoms in total. The van der Waals surface area contributed by atoms with Crippen LogP contribution in [0.4, 0.5) is 92.6 Å². The van der Waals surface area contributed by atoms with Gasteiger partial charge in [-0.25, -0.2) is 50.5 Å². The van der Waals surface area contributed by atoms with Crippen molar-refractivity contribution in [2.75, 3.05) is 94.9 Å². The Hall–Kier alpha value is -10.5. The molecule has 666 valence electrons. The molecule has 2 aromatic heterocycles. The summed E-state index contributed by atoms with van der Waals surface area (Å²) >= 11 is 0. The molecular weight excluding hydrogens is 1770 g/mol. The molecule has 0 aliphatic heterocycles. The minimum absolute atomic E-state index is 0.0588. The van der Waals surface area contributed by atoms with Gasteiger partial charge in [0.1, 0.15) is 30.0 Å². The van der Waals surface area contributed by atoms with Crippen LogP contribution in [0.1, 0.15) is 107 Å². The Labute approximate surface area is 722 Å². The molecule has 10 rings (SSSR count). The molecular formula is C78H94N18O20S8-2. The molecule has 0 aliphatic rings. The van der Waals surface area contributed by atoms with Crippen molar-refractivity contribution in [3.05, 3.63) is 170 Å². The maximum absolute atomic E-state index is 13.9. The molecule has 46 heteroatoms. The molecule has 0 unspecified atom stereocenters. The molecule has 0 aliphatic carbocycles. The van der Waals surface area contributed by atoms with Crippen molar-refractivity contribution in [3.8, 4) is 11.1 Å². The van der Waals surface area contributed by atoms with Crippen LogP contribution >= 0.6 is 0 Å². The van der Waals surface area contributed by atoms with Crippen molar-refractivity contribution in [3.63, 3.8) is 0 Å². The summed E-state index contributed by atoms with van der Waals surface area (Å²) in [6.45, 7) is 16.8. The van der Waals surface area contributed by atoms with Crippen molar-refractivity contribution < 1.29 is 85.6 Å². The summed E-state index contributed by atoms with van der Waals surface area (Å²) in [5.41, 5.74) is -2.48. The van der Waals surface area contributed by atoms with Crippen LogP contribution in [0.15, 0.2) is 209 Å². The summed E-state index contributed by atoms with van der Waals surface area (Å²) < 4.78 is 271. The number of nitrogens with zero attached hydrogens (tertiary/aromatic N) is 10. The van der Waals surface area contributed by atoms with E-state index in [1.54, 1.807) is 0 Å². The predicted molar refractivity (Wildman–Crippen MR) is 469 cm³/mol. The highest BCUT2D eigenvalue weighted by Gasteiger charge is 2.31. The van der Waals surface area contributed by atoms with Crippen LogP contribution in [-0.4, -0.2) is 185 Å². The minimum Gasteiger partial charge on any atom is -0.744 e. The van der Waals surface area contributed by atoms with Gasteiger partial charge in [-0.1, -0.05) is 91.8 Å². The number of rotatable bonds is 45. The largest absolute Gasteiger partial charge is 0.744 e. The number of anilines is 16. The van der Waals surface area contributed by atoms with Crippen LogP contribution in [0.25, 0.3) is 11.1 Å². The summed E-state index contributed by atoms with van der Waals surface area (Å²) in [6.07, 6.45) is 4.34. The Kier molecular flexibility index (Phi) is 31.3. The third-order valence-corrected chi connectivity index (χ3v) is 29.5. The van der Waals surface area contributed by atoms with Crippen LogP contribution in [0, 0.1) is 0 Å². The molecule has 10 aromatic rings. The van der Waals surface area contributed by atoms with Crippen molar-refractivity contribution in [2.24, 2.45) is 0 Å². The Balaban J connectivity index is 0.951. The molecule has 0 atom stereocenters. The number of aromatic nitrogens is 6. The SMILES string of the molecule is CCCN(CCC)S(=O)(=O)c1cccc(Nc2nc(Nc3cccc(S(=O)(=O)N(CCC)CCC)c3)nc(Nc3ccc(Nc4ccc(-c5ccc(Nc6ccc(Nc7nc(Nc8cccc(S(=O)(=O)N(CCC)CCC)c8)nc(Nc8cccc(S(=O)(=O)N(CCC)CCC)c8)n7)cc6S(=O)(=O)[O-])cc5S(=O)(=O)O)c(S(=O)(=O)O)c4)c(S(=O)(=O)[O-])c3)n2)c1. The molecule has 0 saturated heterocycles. The van der Waals surface area contributed by atoms with E-state index in [4.69, 9.17) is 0 Å². The standard InChI is InChI=1S/C78H96N18O20S8/c1-9-37-93(38-10-2)117(97,98)61-25-17-21-53(45-61)81-73-87-74(82-54-22-18-26-62(46-54)118(99,100)94(39-11-3)40-12-4)90-77(89-73)85-59-31-35-67(71(51-59)123(111,112)113)79-57-29-33-65(69(49-57)121(105,106)107)66-34-30-58(50-70(66)122(108,109)110)80-68-36-32-60(52-72(68)124(114,115)116)86-78-91-75(83-55-23-19-27-63(47-55)119(101,102)95(41-13-5)42-14-6)88-76(92-78)84-56-24-20-28-64(48-56)120(103,104)96(43-15-7)44-16-8/h17-36,45-52,79-80H,9-16,37-44H2,1-8H3,(H,105,106,107)(H,108,109,110)(H,111,112,113)(H,114,115,116)(H3,81,82,85,87,89,90)(H3,83,84,86,88,91,92)/p-2. The van der Waals surface area contributed by atoms with E-state index in [0.29, 0.717) is 51.4 Å². The lowest BCUT2D eigenvalue weighted by molar-refractivity contribution is 0.409. The number of sulfonamides is 4. The zero-order valence-corrected chi connectivity index (χ0v) is 75.0. The Bertz CT molecular complexity index is 5920. The van der Waals surface area contributed by atoms with Gasteiger partial charge in [0.25, 0.3) is 20.2 Å². The molecule has 0 spiro atoms. The number of hydrogen-bond donors (Lipinski definition) is 10. The fraction of sp³-hybridized carbons (Fsp3) is 0.308. The first kappa shape index (κ1) is 95.7. The highest BCUT2D eigenvalue weighted by Crippen LogP contribution is 2.40. The van der Waals surface area contributed by atoms with Gasteiger partial charge < -0.3 is 51.6 Å². The first-order valence-corrected chi connectivity index (χ1v) is 50.5. The first-order valence-electron chi connectivity index (χ1n) is 39.1. The monoisotopic (exact) mass is 1860 g/mol. The van der Waals surface area contributed by atoms with E-state index in [0.717, 1.165) is 60.7 Å². The summed E-state index contributed by atoms with van der Waals surface area (Å²) in [5, 5.41) is 22.8. The second-order valence-electron chi connectivity index (χ2n) is 28.0. The zero-order chi connectivity index (χ0) is 90.3. The van der Waals surface area contributed by atoms with Gasteiger partial charge in [-0.2, -0.15) is 64.0 Å². The lowest BCUT2D eigenvalue weighted by Crippen LogP contribution is -2.32. The second-order valence-corrected chi connectivity index (χ2v) is 41.3. The lowest BCUT2D eigenvalue weighted by atomic mass is 10.0. The highest BCUT2D eigenvalue weighted by molar-refractivity contribution is 7.90. The van der Waals surface area contributed by atoms with Crippen LogP contribution in [0.5, 0.6) is 0 Å². The molecule has 0 fully saturated rings. The number of nitrogens with one attached hydrogen (secondary N) is 8. The highest BCUT2D eigenvalue weighted by atomic mass is 32.2. The van der Waals surface area contributed by atoms with E-state index in [9.17, 15) is 85.6 Å². The van der Waals surface area contributed by atoms with Crippen LogP contribution in [0.2, 0.25) is 0 Å². The molecule has 10 N–H and O–H groups in total. The van der Waals surface area contributed by atoms with Crippen molar-refractivity contribution in [1.82, 2.24) is 47.1 Å². The molecule has 8 aromatic carbocycles. The lowest BCUT2D eigenvalue weighted by Gasteiger charge is -2.21. The van der Waals surface area contributed by atoms with Crippen LogP contribution in [0.3, 0.4) is 0 Å². The van der Waals surface area contributed by atoms with Crippen molar-refractivity contribution in [2.45, 2.75) is 146 Å². The fourth-order valence-electron chi connectivity index (χ4n) is 13.0. The quantitative estimate of drug-likeness (QED) is 0.0158. The molecule has 0 bridgehead atoms. The molecule has 124 heavy (non-hydrogen) atoms. The van der Waals surface area contributed by atoms with Crippen molar-refractivity contribution >= 4 is 173 Å². The molecule has 0 amide bonds. The van der Waals surface area contributed by atoms with Gasteiger partial charge in [-0.3, -0.25) is 9.11 Å². The van der Waals surface area contributed by atoms with Gasteiger partial charge in [-0.05, 0) is 185 Å². The number of benzene rings is 8. The summed E-state index contributed by atoms with van der Waals surface area (Å²) in [4.78, 5) is 22.5. The Morgan fingerprint density at radius 2 is 0.452 bits per heavy atom.